The summed E-state index contributed by atoms with van der Waals surface area (Å²) in [5, 5.41) is 7.58. The Kier molecular flexibility index (Phi) is 5.26. The Bertz CT molecular complexity index is 1120. The molecule has 4 rings (SSSR count). The highest BCUT2D eigenvalue weighted by atomic mass is 35.5. The summed E-state index contributed by atoms with van der Waals surface area (Å²) in [6.07, 6.45) is 0.794. The van der Waals surface area contributed by atoms with Crippen LogP contribution < -0.4 is 5.73 Å². The zero-order valence-corrected chi connectivity index (χ0v) is 16.8. The van der Waals surface area contributed by atoms with E-state index in [0.29, 0.717) is 29.5 Å². The molecule has 1 aliphatic rings. The van der Waals surface area contributed by atoms with Gasteiger partial charge in [0.1, 0.15) is 17.6 Å². The normalized spacial score (nSPS) is 16.2. The zero-order chi connectivity index (χ0) is 21.4. The lowest BCUT2D eigenvalue weighted by molar-refractivity contribution is -0.123. The minimum Gasteiger partial charge on any atom is -0.368 e. The van der Waals surface area contributed by atoms with Gasteiger partial charge in [0, 0.05) is 5.02 Å². The number of rotatable bonds is 5. The number of amides is 2. The van der Waals surface area contributed by atoms with Gasteiger partial charge in [-0.15, -0.1) is 0 Å². The summed E-state index contributed by atoms with van der Waals surface area (Å²) in [5.74, 6) is -1.75. The number of aromatic nitrogens is 2. The second-order valence-corrected chi connectivity index (χ2v) is 7.57. The number of benzene rings is 2. The summed E-state index contributed by atoms with van der Waals surface area (Å²) in [7, 11) is 0. The van der Waals surface area contributed by atoms with Crippen molar-refractivity contribution in [3.8, 4) is 0 Å². The number of hydrogen-bond donors (Lipinski definition) is 1. The number of hydrogen-bond acceptors (Lipinski definition) is 5. The Morgan fingerprint density at radius 1 is 1.27 bits per heavy atom. The summed E-state index contributed by atoms with van der Waals surface area (Å²) < 4.78 is 19.2. The van der Waals surface area contributed by atoms with Crippen molar-refractivity contribution in [3.05, 3.63) is 81.4 Å². The Morgan fingerprint density at radius 3 is 2.63 bits per heavy atom. The molecule has 0 unspecified atom stereocenters. The quantitative estimate of drug-likeness (QED) is 0.669. The molecule has 7 nitrogen and oxygen atoms in total. The standard InChI is InChI=1S/C21H18ClFN4O3/c1-11-18(26-30-25-11)21(29)27(19(20(24)28)12-5-3-2-4-6-12)17-8-7-14-15(17)9-13(22)10-16(14)23/h2-6,9-10,17,19H,7-8H2,1H3,(H2,24,28)/t17-,19-/m1/s1. The molecule has 2 aromatic carbocycles. The van der Waals surface area contributed by atoms with E-state index in [4.69, 9.17) is 17.3 Å². The van der Waals surface area contributed by atoms with Gasteiger partial charge in [0.05, 0.1) is 6.04 Å². The highest BCUT2D eigenvalue weighted by Crippen LogP contribution is 2.43. The molecular formula is C21H18ClFN4O3. The lowest BCUT2D eigenvalue weighted by Crippen LogP contribution is -2.43. The van der Waals surface area contributed by atoms with Crippen LogP contribution in [0, 0.1) is 12.7 Å². The fourth-order valence-corrected chi connectivity index (χ4v) is 4.21. The maximum atomic E-state index is 14.5. The van der Waals surface area contributed by atoms with E-state index in [1.54, 1.807) is 43.3 Å². The number of nitrogens with two attached hydrogens (primary N) is 1. The molecule has 0 saturated heterocycles. The van der Waals surface area contributed by atoms with Crippen molar-refractivity contribution >= 4 is 23.4 Å². The highest BCUT2D eigenvalue weighted by Gasteiger charge is 2.41. The van der Waals surface area contributed by atoms with Crippen LogP contribution in [0.15, 0.2) is 47.1 Å². The Morgan fingerprint density at radius 2 is 2.00 bits per heavy atom. The van der Waals surface area contributed by atoms with Crippen molar-refractivity contribution in [2.45, 2.75) is 31.8 Å². The van der Waals surface area contributed by atoms with Crippen molar-refractivity contribution in [2.24, 2.45) is 5.73 Å². The maximum Gasteiger partial charge on any atom is 0.279 e. The van der Waals surface area contributed by atoms with Crippen LogP contribution >= 0.6 is 11.6 Å². The first-order valence-electron chi connectivity index (χ1n) is 9.32. The van der Waals surface area contributed by atoms with Gasteiger partial charge in [0.2, 0.25) is 5.91 Å². The molecule has 0 aliphatic heterocycles. The molecule has 2 N–H and O–H groups in total. The molecule has 3 aromatic rings. The van der Waals surface area contributed by atoms with Gasteiger partial charge in [-0.05, 0) is 53.7 Å². The number of halogens is 2. The van der Waals surface area contributed by atoms with Crippen molar-refractivity contribution in [1.29, 1.82) is 0 Å². The highest BCUT2D eigenvalue weighted by molar-refractivity contribution is 6.30. The number of primary amides is 1. The SMILES string of the molecule is Cc1nonc1C(=O)N([C@@H]1CCc2c(F)cc(Cl)cc21)[C@@H](C(N)=O)c1ccccc1. The van der Waals surface area contributed by atoms with E-state index in [2.05, 4.69) is 14.9 Å². The predicted octanol–water partition coefficient (Wildman–Crippen LogP) is 3.53. The predicted molar refractivity (Wildman–Crippen MR) is 106 cm³/mol. The first kappa shape index (κ1) is 20.0. The van der Waals surface area contributed by atoms with E-state index in [1.165, 1.54) is 11.0 Å². The van der Waals surface area contributed by atoms with Gasteiger partial charge in [-0.1, -0.05) is 47.1 Å². The summed E-state index contributed by atoms with van der Waals surface area (Å²) >= 11 is 6.09. The molecule has 0 spiro atoms. The number of carbonyl (C=O) groups is 2. The average Bonchev–Trinajstić information content (AvgIpc) is 3.32. The van der Waals surface area contributed by atoms with Gasteiger partial charge in [-0.25, -0.2) is 9.02 Å². The van der Waals surface area contributed by atoms with E-state index in [0.717, 1.165) is 0 Å². The molecule has 154 valence electrons. The molecule has 9 heteroatoms. The van der Waals surface area contributed by atoms with Gasteiger partial charge in [0.15, 0.2) is 5.69 Å². The smallest absolute Gasteiger partial charge is 0.279 e. The Balaban J connectivity index is 1.89. The van der Waals surface area contributed by atoms with Crippen molar-refractivity contribution in [3.63, 3.8) is 0 Å². The molecule has 2 amide bonds. The molecule has 1 aromatic heterocycles. The van der Waals surface area contributed by atoms with Crippen LogP contribution in [0.2, 0.25) is 5.02 Å². The second kappa shape index (κ2) is 7.87. The molecule has 30 heavy (non-hydrogen) atoms. The van der Waals surface area contributed by atoms with E-state index in [9.17, 15) is 14.0 Å². The largest absolute Gasteiger partial charge is 0.368 e. The van der Waals surface area contributed by atoms with E-state index >= 15 is 0 Å². The van der Waals surface area contributed by atoms with E-state index in [1.807, 2.05) is 0 Å². The van der Waals surface area contributed by atoms with Gasteiger partial charge >= 0.3 is 0 Å². The Hall–Kier alpha value is -3.26. The summed E-state index contributed by atoms with van der Waals surface area (Å²) in [5.41, 5.74) is 7.54. The average molecular weight is 429 g/mol. The van der Waals surface area contributed by atoms with Gasteiger partial charge in [0.25, 0.3) is 5.91 Å². The summed E-state index contributed by atoms with van der Waals surface area (Å²) in [6, 6.07) is 9.82. The minimum atomic E-state index is -1.10. The zero-order valence-electron chi connectivity index (χ0n) is 16.0. The fraction of sp³-hybridized carbons (Fsp3) is 0.238. The van der Waals surface area contributed by atoms with E-state index < -0.39 is 29.7 Å². The molecule has 0 radical (unpaired) electrons. The third-order valence-electron chi connectivity index (χ3n) is 5.31. The molecule has 0 bridgehead atoms. The number of fused-ring (bicyclic) bond motifs is 1. The number of carbonyl (C=O) groups excluding carboxylic acids is 2. The molecule has 0 saturated carbocycles. The van der Waals surface area contributed by atoms with E-state index in [-0.39, 0.29) is 16.4 Å². The van der Waals surface area contributed by atoms with Crippen molar-refractivity contribution in [2.75, 3.05) is 0 Å². The van der Waals surface area contributed by atoms with Crippen molar-refractivity contribution < 1.29 is 18.6 Å². The lowest BCUT2D eigenvalue weighted by Gasteiger charge is -2.35. The summed E-state index contributed by atoms with van der Waals surface area (Å²) in [6.45, 7) is 1.57. The van der Waals surface area contributed by atoms with Crippen LogP contribution in [0.25, 0.3) is 0 Å². The van der Waals surface area contributed by atoms with Crippen LogP contribution in [0.5, 0.6) is 0 Å². The lowest BCUT2D eigenvalue weighted by atomic mass is 9.98. The maximum absolute atomic E-state index is 14.5. The number of aryl methyl sites for hydroxylation is 1. The van der Waals surface area contributed by atoms with Crippen LogP contribution in [-0.4, -0.2) is 27.0 Å². The van der Waals surface area contributed by atoms with Gasteiger partial charge in [-0.2, -0.15) is 0 Å². The third-order valence-corrected chi connectivity index (χ3v) is 5.53. The van der Waals surface area contributed by atoms with Crippen molar-refractivity contribution in [1.82, 2.24) is 15.2 Å². The molecule has 0 fully saturated rings. The van der Waals surface area contributed by atoms with Crippen LogP contribution in [0.3, 0.4) is 0 Å². The molecule has 2 atom stereocenters. The Labute approximate surface area is 176 Å². The summed E-state index contributed by atoms with van der Waals surface area (Å²) in [4.78, 5) is 27.5. The number of nitrogens with zero attached hydrogens (tertiary/aromatic N) is 3. The topological polar surface area (TPSA) is 102 Å². The second-order valence-electron chi connectivity index (χ2n) is 7.14. The third kappa shape index (κ3) is 3.43. The van der Waals surface area contributed by atoms with Crippen LogP contribution in [0.1, 0.15) is 51.4 Å². The van der Waals surface area contributed by atoms with Gasteiger partial charge < -0.3 is 10.6 Å². The molecular weight excluding hydrogens is 411 g/mol. The first-order valence-corrected chi connectivity index (χ1v) is 9.70. The first-order chi connectivity index (χ1) is 14.4. The fourth-order valence-electron chi connectivity index (χ4n) is 3.99. The monoisotopic (exact) mass is 428 g/mol. The molecule has 1 aliphatic carbocycles. The minimum absolute atomic E-state index is 0.0341. The van der Waals surface area contributed by atoms with Crippen LogP contribution in [0.4, 0.5) is 4.39 Å². The van der Waals surface area contributed by atoms with Crippen LogP contribution in [-0.2, 0) is 11.2 Å². The van der Waals surface area contributed by atoms with Gasteiger partial charge in [-0.3, -0.25) is 9.59 Å². The molecule has 1 heterocycles.